The van der Waals surface area contributed by atoms with Gasteiger partial charge in [0.1, 0.15) is 11.5 Å². The number of anilines is 3. The number of amides is 3. The third-order valence-electron chi connectivity index (χ3n) is 7.48. The number of urea groups is 1. The normalized spacial score (nSPS) is 22.6. The van der Waals surface area contributed by atoms with Gasteiger partial charge in [-0.25, -0.2) is 23.8 Å². The molecule has 1 aliphatic carbocycles. The number of aliphatic imine (C=N–C) groups is 1. The second-order valence-corrected chi connectivity index (χ2v) is 10.3. The number of aliphatic hydroxyl groups excluding tert-OH is 1. The first-order chi connectivity index (χ1) is 20.3. The molecule has 3 aliphatic rings. The number of benzene rings is 2. The molecule has 1 spiro atoms. The Kier molecular flexibility index (Phi) is 6.98. The van der Waals surface area contributed by atoms with Gasteiger partial charge in [-0.05, 0) is 24.3 Å². The minimum Gasteiger partial charge on any atom is -0.515 e. The molecule has 3 fully saturated rings. The third-order valence-corrected chi connectivity index (χ3v) is 7.48. The summed E-state index contributed by atoms with van der Waals surface area (Å²) in [5, 5.41) is 13.9. The number of halogens is 2. The zero-order valence-electron chi connectivity index (χ0n) is 22.3. The number of nitrogens with one attached hydrogen (secondary N) is 2. The number of aromatic nitrogens is 1. The second-order valence-electron chi connectivity index (χ2n) is 10.3. The number of pyridine rings is 1. The Bertz CT molecular complexity index is 1590. The van der Waals surface area contributed by atoms with Crippen LogP contribution in [0.15, 0.2) is 66.0 Å². The number of nitrogens with zero attached hydrogens (tertiary/aromatic N) is 5. The van der Waals surface area contributed by atoms with Crippen LogP contribution in [0.4, 0.5) is 35.4 Å². The molecular weight excluding hydrogens is 550 g/mol. The number of amidine groups is 1. The molecule has 14 heteroatoms. The van der Waals surface area contributed by atoms with Crippen molar-refractivity contribution in [3.63, 3.8) is 0 Å². The van der Waals surface area contributed by atoms with Gasteiger partial charge in [-0.3, -0.25) is 19.9 Å². The summed E-state index contributed by atoms with van der Waals surface area (Å²) in [6, 6.07) is 10.5. The van der Waals surface area contributed by atoms with Gasteiger partial charge in [0.15, 0.2) is 17.2 Å². The van der Waals surface area contributed by atoms with E-state index in [1.807, 2.05) is 24.3 Å². The lowest BCUT2D eigenvalue weighted by atomic mass is 10.2. The molecule has 1 saturated carbocycles. The number of carbonyl (C=O) groups is 2. The maximum Gasteiger partial charge on any atom is 0.415 e. The summed E-state index contributed by atoms with van der Waals surface area (Å²) in [6.07, 6.45) is 3.32. The maximum atomic E-state index is 15.4. The van der Waals surface area contributed by atoms with Crippen LogP contribution in [-0.4, -0.2) is 77.4 Å². The summed E-state index contributed by atoms with van der Waals surface area (Å²) >= 11 is 0. The van der Waals surface area contributed by atoms with Crippen molar-refractivity contribution >= 4 is 45.9 Å². The number of hydrogen-bond donors (Lipinski definition) is 4. The monoisotopic (exact) mass is 578 g/mol. The van der Waals surface area contributed by atoms with E-state index in [1.54, 1.807) is 12.3 Å². The largest absolute Gasteiger partial charge is 0.515 e. The molecule has 3 heterocycles. The zero-order chi connectivity index (χ0) is 29.4. The number of nitrogens with two attached hydrogens (primary N) is 1. The van der Waals surface area contributed by atoms with E-state index in [4.69, 9.17) is 15.6 Å². The Labute approximate surface area is 239 Å². The topological polar surface area (TPSA) is 149 Å². The highest BCUT2D eigenvalue weighted by atomic mass is 19.1. The van der Waals surface area contributed by atoms with Gasteiger partial charge < -0.3 is 25.8 Å². The van der Waals surface area contributed by atoms with Gasteiger partial charge in [0.25, 0.3) is 0 Å². The molecular formula is C28H28F2N8O4. The quantitative estimate of drug-likeness (QED) is 0.205. The fourth-order valence-electron chi connectivity index (χ4n) is 5.28. The van der Waals surface area contributed by atoms with Gasteiger partial charge in [-0.1, -0.05) is 6.07 Å². The summed E-state index contributed by atoms with van der Waals surface area (Å²) in [7, 11) is 0. The summed E-state index contributed by atoms with van der Waals surface area (Å²) < 4.78 is 36.2. The first-order valence-corrected chi connectivity index (χ1v) is 13.3. The van der Waals surface area contributed by atoms with Gasteiger partial charge in [0.05, 0.1) is 36.6 Å². The van der Waals surface area contributed by atoms with Gasteiger partial charge in [-0.2, -0.15) is 0 Å². The van der Waals surface area contributed by atoms with E-state index < -0.39 is 35.4 Å². The standard InChI is InChI=1S/C28H28F2N8O4/c29-20-13-19(37-16-28(42-27(37)41)15-23(28)35-24(31)5-11-39)14-21(30)25(20)36-8-7-33-38(10-9-36)26(40)34-18-3-4-22-17(12-18)2-1-6-32-22/h1-6,11-14,23,33,39H,7-10,15-16H2,(H2,31,35)(H,34,40)/b11-5-/t23?,28-/m1/s1. The number of hydrazine groups is 1. The predicted octanol–water partition coefficient (Wildman–Crippen LogP) is 3.27. The van der Waals surface area contributed by atoms with Crippen molar-refractivity contribution in [3.05, 3.63) is 72.6 Å². The highest BCUT2D eigenvalue weighted by Gasteiger charge is 2.64. The molecule has 6 rings (SSSR count). The van der Waals surface area contributed by atoms with Crippen LogP contribution >= 0.6 is 0 Å². The molecule has 42 heavy (non-hydrogen) atoms. The highest BCUT2D eigenvalue weighted by Crippen LogP contribution is 2.48. The number of carbonyl (C=O) groups excluding carboxylic acids is 2. The lowest BCUT2D eigenvalue weighted by Crippen LogP contribution is -2.46. The van der Waals surface area contributed by atoms with E-state index in [2.05, 4.69) is 20.7 Å². The molecule has 3 aromatic rings. The molecule has 2 aromatic carbocycles. The lowest BCUT2D eigenvalue weighted by molar-refractivity contribution is 0.126. The first kappa shape index (κ1) is 27.2. The van der Waals surface area contributed by atoms with Crippen molar-refractivity contribution in [3.8, 4) is 0 Å². The minimum atomic E-state index is -0.930. The average molecular weight is 579 g/mol. The number of aliphatic hydroxyl groups is 1. The SMILES string of the molecule is NC(/C=C\O)=NC1C[C@@]12CN(c1cc(F)c(N3CCNN(C(=O)Nc4ccc5ncccc5c4)CC3)c(F)c1)C(=O)O2. The second kappa shape index (κ2) is 10.8. The van der Waals surface area contributed by atoms with Gasteiger partial charge in [0, 0.05) is 61.5 Å². The molecule has 5 N–H and O–H groups in total. The fourth-order valence-corrected chi connectivity index (χ4v) is 5.28. The van der Waals surface area contributed by atoms with Crippen LogP contribution in [0.5, 0.6) is 0 Å². The molecule has 3 amide bonds. The van der Waals surface area contributed by atoms with Crippen molar-refractivity contribution in [1.82, 2.24) is 15.4 Å². The Balaban J connectivity index is 1.11. The van der Waals surface area contributed by atoms with E-state index in [-0.39, 0.29) is 49.9 Å². The Morgan fingerprint density at radius 3 is 2.81 bits per heavy atom. The minimum absolute atomic E-state index is 0.0213. The number of fused-ring (bicyclic) bond motifs is 1. The predicted molar refractivity (Wildman–Crippen MR) is 152 cm³/mol. The van der Waals surface area contributed by atoms with Crippen molar-refractivity contribution < 1.29 is 28.2 Å². The Hall–Kier alpha value is -4.98. The molecule has 12 nitrogen and oxygen atoms in total. The first-order valence-electron chi connectivity index (χ1n) is 13.3. The van der Waals surface area contributed by atoms with Crippen LogP contribution in [0.1, 0.15) is 6.42 Å². The molecule has 2 aliphatic heterocycles. The van der Waals surface area contributed by atoms with E-state index in [1.165, 1.54) is 20.9 Å². The van der Waals surface area contributed by atoms with E-state index in [0.717, 1.165) is 29.3 Å². The zero-order valence-corrected chi connectivity index (χ0v) is 22.3. The number of ether oxygens (including phenoxy) is 1. The smallest absolute Gasteiger partial charge is 0.415 e. The van der Waals surface area contributed by atoms with E-state index in [9.17, 15) is 9.59 Å². The highest BCUT2D eigenvalue weighted by molar-refractivity contribution is 5.94. The van der Waals surface area contributed by atoms with Crippen molar-refractivity contribution in [2.45, 2.75) is 18.1 Å². The molecule has 1 aromatic heterocycles. The van der Waals surface area contributed by atoms with Crippen LogP contribution in [0.2, 0.25) is 0 Å². The molecule has 0 radical (unpaired) electrons. The van der Waals surface area contributed by atoms with Crippen LogP contribution < -0.4 is 26.3 Å². The molecule has 0 bridgehead atoms. The van der Waals surface area contributed by atoms with Crippen molar-refractivity contribution in [2.24, 2.45) is 10.7 Å². The van der Waals surface area contributed by atoms with E-state index >= 15 is 8.78 Å². The van der Waals surface area contributed by atoms with Crippen molar-refractivity contribution in [1.29, 1.82) is 0 Å². The van der Waals surface area contributed by atoms with Gasteiger partial charge in [-0.15, -0.1) is 0 Å². The van der Waals surface area contributed by atoms with Crippen LogP contribution in [0, 0.1) is 11.6 Å². The van der Waals surface area contributed by atoms with Gasteiger partial charge in [0.2, 0.25) is 0 Å². The molecule has 1 unspecified atom stereocenters. The third kappa shape index (κ3) is 5.23. The number of rotatable bonds is 5. The van der Waals surface area contributed by atoms with Gasteiger partial charge >= 0.3 is 12.1 Å². The summed E-state index contributed by atoms with van der Waals surface area (Å²) in [4.78, 5) is 36.7. The summed E-state index contributed by atoms with van der Waals surface area (Å²) in [6.45, 7) is 0.858. The average Bonchev–Trinajstić information content (AvgIpc) is 3.58. The maximum absolute atomic E-state index is 15.4. The summed E-state index contributed by atoms with van der Waals surface area (Å²) in [5.41, 5.74) is 8.92. The molecule has 2 atom stereocenters. The van der Waals surface area contributed by atoms with Crippen LogP contribution in [0.3, 0.4) is 0 Å². The fraction of sp³-hybridized carbons (Fsp3) is 0.286. The lowest BCUT2D eigenvalue weighted by Gasteiger charge is -2.25. The van der Waals surface area contributed by atoms with E-state index in [0.29, 0.717) is 12.1 Å². The Morgan fingerprint density at radius 1 is 1.21 bits per heavy atom. The van der Waals surface area contributed by atoms with Crippen LogP contribution in [-0.2, 0) is 4.74 Å². The van der Waals surface area contributed by atoms with Crippen molar-refractivity contribution in [2.75, 3.05) is 47.8 Å². The number of hydrogen-bond acceptors (Lipinski definition) is 8. The summed E-state index contributed by atoms with van der Waals surface area (Å²) in [5.74, 6) is -1.61. The molecule has 218 valence electrons. The molecule has 2 saturated heterocycles. The Morgan fingerprint density at radius 2 is 2.02 bits per heavy atom. The van der Waals surface area contributed by atoms with Crippen LogP contribution in [0.25, 0.3) is 10.9 Å².